The Bertz CT molecular complexity index is 2570. The molecule has 0 fully saturated rings. The second-order valence-electron chi connectivity index (χ2n) is 21.8. The van der Waals surface area contributed by atoms with Gasteiger partial charge in [0.15, 0.2) is 0 Å². The molecule has 12 nitrogen and oxygen atoms in total. The maximum Gasteiger partial charge on any atom is 0.336 e. The zero-order valence-corrected chi connectivity index (χ0v) is 43.3. The van der Waals surface area contributed by atoms with Crippen molar-refractivity contribution in [3.63, 3.8) is 0 Å². The summed E-state index contributed by atoms with van der Waals surface area (Å²) in [6.45, 7) is 24.5. The van der Waals surface area contributed by atoms with Crippen molar-refractivity contribution in [1.29, 1.82) is 0 Å². The van der Waals surface area contributed by atoms with Crippen LogP contribution in [0.4, 0.5) is 22.7 Å². The number of nitrogen functional groups attached to an aromatic ring is 4. The average molecular weight is 949 g/mol. The number of nitrogens with two attached hydrogens (primary N) is 4. The van der Waals surface area contributed by atoms with Crippen LogP contribution in [0, 0.1) is 0 Å². The zero-order chi connectivity index (χ0) is 52.1. The van der Waals surface area contributed by atoms with Gasteiger partial charge >= 0.3 is 23.9 Å². The van der Waals surface area contributed by atoms with Gasteiger partial charge in [-0.3, -0.25) is 0 Å². The summed E-state index contributed by atoms with van der Waals surface area (Å²) in [5.74, 6) is -7.20. The van der Waals surface area contributed by atoms with Crippen molar-refractivity contribution in [2.24, 2.45) is 0 Å². The number of benzene rings is 4. The van der Waals surface area contributed by atoms with Gasteiger partial charge in [-0.25, -0.2) is 19.2 Å². The van der Waals surface area contributed by atoms with Crippen molar-refractivity contribution in [3.8, 4) is 0 Å². The Kier molecular flexibility index (Phi) is 17.5. The first-order valence-corrected chi connectivity index (χ1v) is 24.7. The normalized spacial score (nSPS) is 13.3. The molecule has 0 radical (unpaired) electrons. The van der Waals surface area contributed by atoms with E-state index in [0.717, 1.165) is 44.1 Å². The first-order chi connectivity index (χ1) is 32.1. The van der Waals surface area contributed by atoms with Crippen LogP contribution < -0.4 is 22.9 Å². The van der Waals surface area contributed by atoms with Gasteiger partial charge in [0.1, 0.15) is 0 Å². The highest BCUT2D eigenvalue weighted by atomic mass is 16.4. The summed E-state index contributed by atoms with van der Waals surface area (Å²) >= 11 is 0. The van der Waals surface area contributed by atoms with E-state index in [-0.39, 0.29) is 75.3 Å². The molecule has 12 N–H and O–H groups in total. The van der Waals surface area contributed by atoms with Gasteiger partial charge in [0.25, 0.3) is 0 Å². The number of carboxylic acids is 4. The lowest BCUT2D eigenvalue weighted by molar-refractivity contribution is 0.0682. The van der Waals surface area contributed by atoms with E-state index in [1.807, 2.05) is 55.4 Å². The smallest absolute Gasteiger partial charge is 0.336 e. The molecular weight excluding hydrogens is 869 g/mol. The maximum absolute atomic E-state index is 13.7. The van der Waals surface area contributed by atoms with Gasteiger partial charge < -0.3 is 43.4 Å². The number of rotatable bonds is 24. The predicted octanol–water partition coefficient (Wildman–Crippen LogP) is 12.9. The Balaban J connectivity index is 2.37. The summed E-state index contributed by atoms with van der Waals surface area (Å²) in [5.41, 5.74) is 31.3. The maximum atomic E-state index is 13.7. The van der Waals surface area contributed by atoms with E-state index in [1.165, 1.54) is 18.2 Å². The third kappa shape index (κ3) is 11.5. The molecule has 0 aliphatic carbocycles. The summed E-state index contributed by atoms with van der Waals surface area (Å²) in [6.07, 6.45) is 5.86. The Morgan fingerprint density at radius 2 is 0.696 bits per heavy atom. The number of aromatic carboxylic acids is 4. The van der Waals surface area contributed by atoms with Crippen LogP contribution in [0.25, 0.3) is 0 Å². The molecule has 4 aromatic carbocycles. The molecule has 0 saturated carbocycles. The van der Waals surface area contributed by atoms with E-state index in [1.54, 1.807) is 30.3 Å². The summed E-state index contributed by atoms with van der Waals surface area (Å²) in [7, 11) is 0. The van der Waals surface area contributed by atoms with Gasteiger partial charge in [0.05, 0.1) is 22.3 Å². The zero-order valence-electron chi connectivity index (χ0n) is 43.3. The van der Waals surface area contributed by atoms with Gasteiger partial charge in [-0.1, -0.05) is 133 Å². The minimum atomic E-state index is -1.29. The van der Waals surface area contributed by atoms with Crippen LogP contribution in [0.1, 0.15) is 239 Å². The fourth-order valence-electron chi connectivity index (χ4n) is 11.6. The Hall–Kier alpha value is -6.04. The molecule has 376 valence electrons. The number of anilines is 4. The molecule has 4 aromatic rings. The van der Waals surface area contributed by atoms with Gasteiger partial charge in [-0.2, -0.15) is 0 Å². The SMILES string of the molecule is CCCC(C)(C)c1ccc(C(=O)O)c(CCC(c2c(C(=O)O)ccc(C(C)(C)CCC)c2N)C(Cc2c(C(=O)O)ccc(C(C)(C)CCC)c2N)c2c(C(=O)O)ccc(C(C)(C)CCC)c2N)c1N. The van der Waals surface area contributed by atoms with E-state index in [9.17, 15) is 39.6 Å². The first-order valence-electron chi connectivity index (χ1n) is 24.7. The van der Waals surface area contributed by atoms with Crippen molar-refractivity contribution in [1.82, 2.24) is 0 Å². The van der Waals surface area contributed by atoms with Crippen LogP contribution >= 0.6 is 0 Å². The lowest BCUT2D eigenvalue weighted by Gasteiger charge is -2.37. The quantitative estimate of drug-likeness (QED) is 0.0305. The molecule has 12 heteroatoms. The van der Waals surface area contributed by atoms with Gasteiger partial charge in [-0.15, -0.1) is 0 Å². The van der Waals surface area contributed by atoms with Crippen LogP contribution in [0.5, 0.6) is 0 Å². The van der Waals surface area contributed by atoms with Gasteiger partial charge in [-0.05, 0) is 147 Å². The fourth-order valence-corrected chi connectivity index (χ4v) is 11.6. The molecule has 0 aliphatic rings. The van der Waals surface area contributed by atoms with Crippen molar-refractivity contribution in [3.05, 3.63) is 115 Å². The molecule has 0 heterocycles. The highest BCUT2D eigenvalue weighted by Gasteiger charge is 2.40. The molecule has 4 rings (SSSR count). The van der Waals surface area contributed by atoms with Crippen LogP contribution in [-0.2, 0) is 34.5 Å². The molecule has 0 aliphatic heterocycles. The van der Waals surface area contributed by atoms with Gasteiger partial charge in [0, 0.05) is 22.7 Å². The van der Waals surface area contributed by atoms with Gasteiger partial charge in [0.2, 0.25) is 0 Å². The van der Waals surface area contributed by atoms with Crippen LogP contribution in [0.2, 0.25) is 0 Å². The van der Waals surface area contributed by atoms with E-state index in [0.29, 0.717) is 40.8 Å². The molecule has 2 unspecified atom stereocenters. The van der Waals surface area contributed by atoms with Crippen molar-refractivity contribution in [2.45, 2.75) is 187 Å². The van der Waals surface area contributed by atoms with E-state index in [4.69, 9.17) is 22.9 Å². The van der Waals surface area contributed by atoms with Crippen LogP contribution in [-0.4, -0.2) is 44.3 Å². The van der Waals surface area contributed by atoms with Crippen molar-refractivity contribution < 1.29 is 39.6 Å². The Morgan fingerprint density at radius 1 is 0.420 bits per heavy atom. The van der Waals surface area contributed by atoms with Crippen LogP contribution in [0.15, 0.2) is 48.5 Å². The lowest BCUT2D eigenvalue weighted by atomic mass is 9.67. The molecule has 0 spiro atoms. The molecule has 0 saturated heterocycles. The summed E-state index contributed by atoms with van der Waals surface area (Å²) in [4.78, 5) is 54.0. The third-order valence-corrected chi connectivity index (χ3v) is 15.0. The number of carboxylic acid groups (broad SMARTS) is 4. The third-order valence-electron chi connectivity index (χ3n) is 15.0. The number of hydrogen-bond acceptors (Lipinski definition) is 8. The molecular formula is C57H80N4O8. The fraction of sp³-hybridized carbons (Fsp3) is 0.509. The lowest BCUT2D eigenvalue weighted by Crippen LogP contribution is -2.28. The standard InChI is InChI=1S/C57H80N4O8/c1-13-27-54(5,6)40-23-19-34(50(62)63)33(46(40)58)18-17-32(44-36(52(66)67)21-25-42(48(44)60)56(9,10)29-15-3)38(45-37(53(68)69)22-26-43(49(45)61)57(11,12)30-16-4)31-39-35(51(64)65)20-24-41(47(39)59)55(7,8)28-14-2/h19-26,32,38H,13-18,27-31,58-61H2,1-12H3,(H,62,63)(H,64,65)(H,66,67)(H,68,69). The minimum absolute atomic E-state index is 0.0140. The number of carbonyl (C=O) groups is 4. The van der Waals surface area contributed by atoms with E-state index < -0.39 is 57.4 Å². The first kappa shape index (κ1) is 55.6. The highest BCUT2D eigenvalue weighted by Crippen LogP contribution is 2.51. The van der Waals surface area contributed by atoms with Crippen molar-refractivity contribution >= 4 is 46.6 Å². The minimum Gasteiger partial charge on any atom is -0.478 e. The summed E-state index contributed by atoms with van der Waals surface area (Å²) in [6, 6.07) is 13.1. The second kappa shape index (κ2) is 21.7. The summed E-state index contributed by atoms with van der Waals surface area (Å²) < 4.78 is 0. The van der Waals surface area contributed by atoms with Crippen molar-refractivity contribution in [2.75, 3.05) is 22.9 Å². The summed E-state index contributed by atoms with van der Waals surface area (Å²) in [5, 5.41) is 44.0. The number of hydrogen-bond donors (Lipinski definition) is 8. The van der Waals surface area contributed by atoms with E-state index in [2.05, 4.69) is 27.7 Å². The Labute approximate surface area is 410 Å². The Morgan fingerprint density at radius 3 is 1.01 bits per heavy atom. The monoisotopic (exact) mass is 949 g/mol. The highest BCUT2D eigenvalue weighted by molar-refractivity contribution is 5.95. The predicted molar refractivity (Wildman–Crippen MR) is 280 cm³/mol. The molecule has 0 amide bonds. The largest absolute Gasteiger partial charge is 0.478 e. The molecule has 2 atom stereocenters. The van der Waals surface area contributed by atoms with Crippen LogP contribution in [0.3, 0.4) is 0 Å². The topological polar surface area (TPSA) is 253 Å². The molecule has 0 aromatic heterocycles. The molecule has 0 bridgehead atoms. The average Bonchev–Trinajstić information content (AvgIpc) is 3.23. The molecule has 69 heavy (non-hydrogen) atoms. The second-order valence-corrected chi connectivity index (χ2v) is 21.8. The van der Waals surface area contributed by atoms with E-state index >= 15 is 0 Å².